The van der Waals surface area contributed by atoms with Crippen LogP contribution in [0.4, 0.5) is 11.5 Å². The topological polar surface area (TPSA) is 120 Å². The normalized spacial score (nSPS) is 11.2. The van der Waals surface area contributed by atoms with E-state index in [4.69, 9.17) is 9.47 Å². The molecule has 0 atom stereocenters. The summed E-state index contributed by atoms with van der Waals surface area (Å²) in [5.74, 6) is -0.196. The van der Waals surface area contributed by atoms with Gasteiger partial charge in [0.05, 0.1) is 19.1 Å². The Morgan fingerprint density at radius 3 is 2.28 bits per heavy atom. The number of hydrogen-bond acceptors (Lipinski definition) is 7. The average Bonchev–Trinajstić information content (AvgIpc) is 2.78. The Bertz CT molecular complexity index is 1200. The zero-order valence-corrected chi connectivity index (χ0v) is 18.5. The molecule has 0 bridgehead atoms. The number of hydrogen-bond donors (Lipinski definition) is 2. The Morgan fingerprint density at radius 1 is 0.969 bits per heavy atom. The molecule has 3 aromatic rings. The minimum Gasteiger partial charge on any atom is -0.481 e. The van der Waals surface area contributed by atoms with Crippen LogP contribution in [0.5, 0.6) is 11.9 Å². The number of aryl methyl sites for hydroxylation is 1. The second-order valence-corrected chi connectivity index (χ2v) is 8.33. The summed E-state index contributed by atoms with van der Waals surface area (Å²) in [7, 11) is -1.19. The maximum atomic E-state index is 12.7. The van der Waals surface area contributed by atoms with Gasteiger partial charge < -0.3 is 14.8 Å². The maximum Gasteiger partial charge on any atom is 0.321 e. The van der Waals surface area contributed by atoms with Crippen molar-refractivity contribution < 1.29 is 22.7 Å². The van der Waals surface area contributed by atoms with Gasteiger partial charge in [-0.25, -0.2) is 8.42 Å². The van der Waals surface area contributed by atoms with Gasteiger partial charge in [0.15, 0.2) is 5.82 Å². The van der Waals surface area contributed by atoms with Crippen LogP contribution in [0, 0.1) is 6.92 Å². The minimum atomic E-state index is -3.94. The molecule has 0 saturated heterocycles. The summed E-state index contributed by atoms with van der Waals surface area (Å²) in [6.07, 6.45) is 3.11. The van der Waals surface area contributed by atoms with E-state index in [2.05, 4.69) is 20.0 Å². The van der Waals surface area contributed by atoms with Crippen LogP contribution in [0.25, 0.3) is 6.08 Å². The van der Waals surface area contributed by atoms with Crippen molar-refractivity contribution in [1.29, 1.82) is 0 Å². The van der Waals surface area contributed by atoms with E-state index in [0.717, 1.165) is 11.1 Å². The molecule has 0 fully saturated rings. The molecule has 0 aliphatic rings. The molecular weight excluding hydrogens is 432 g/mol. The fraction of sp³-hybridized carbons (Fsp3) is 0.136. The van der Waals surface area contributed by atoms with E-state index in [1.54, 1.807) is 6.08 Å². The molecule has 0 saturated carbocycles. The van der Waals surface area contributed by atoms with Crippen molar-refractivity contribution in [2.45, 2.75) is 11.8 Å². The highest BCUT2D eigenvalue weighted by molar-refractivity contribution is 7.92. The summed E-state index contributed by atoms with van der Waals surface area (Å²) >= 11 is 0. The molecule has 0 unspecified atom stereocenters. The van der Waals surface area contributed by atoms with Crippen LogP contribution >= 0.6 is 0 Å². The number of methoxy groups -OCH3 is 2. The van der Waals surface area contributed by atoms with Crippen LogP contribution in [-0.4, -0.2) is 38.5 Å². The van der Waals surface area contributed by atoms with Crippen molar-refractivity contribution in [1.82, 2.24) is 9.97 Å². The minimum absolute atomic E-state index is 0.00711. The first kappa shape index (κ1) is 22.8. The first-order valence-corrected chi connectivity index (χ1v) is 10.9. The van der Waals surface area contributed by atoms with Crippen LogP contribution in [-0.2, 0) is 14.8 Å². The quantitative estimate of drug-likeness (QED) is 0.501. The number of nitrogens with zero attached hydrogens (tertiary/aromatic N) is 2. The van der Waals surface area contributed by atoms with Crippen molar-refractivity contribution >= 4 is 33.5 Å². The van der Waals surface area contributed by atoms with Gasteiger partial charge in [0.25, 0.3) is 10.0 Å². The third-order valence-corrected chi connectivity index (χ3v) is 5.62. The monoisotopic (exact) mass is 454 g/mol. The zero-order valence-electron chi connectivity index (χ0n) is 17.7. The van der Waals surface area contributed by atoms with Crippen molar-refractivity contribution in [3.8, 4) is 11.9 Å². The van der Waals surface area contributed by atoms with E-state index in [1.165, 1.54) is 50.6 Å². The highest BCUT2D eigenvalue weighted by Crippen LogP contribution is 2.21. The number of carbonyl (C=O) groups is 1. The third kappa shape index (κ3) is 6.05. The van der Waals surface area contributed by atoms with Crippen LogP contribution in [0.15, 0.2) is 65.6 Å². The van der Waals surface area contributed by atoms with Gasteiger partial charge in [0.1, 0.15) is 0 Å². The van der Waals surface area contributed by atoms with E-state index in [9.17, 15) is 13.2 Å². The van der Waals surface area contributed by atoms with Gasteiger partial charge in [0.2, 0.25) is 11.8 Å². The molecule has 9 nitrogen and oxygen atoms in total. The highest BCUT2D eigenvalue weighted by atomic mass is 32.2. The molecular formula is C22H22N4O5S. The largest absolute Gasteiger partial charge is 0.481 e. The maximum absolute atomic E-state index is 12.7. The number of nitrogens with one attached hydrogen (secondary N) is 2. The van der Waals surface area contributed by atoms with Crippen molar-refractivity contribution in [2.75, 3.05) is 24.3 Å². The Kier molecular flexibility index (Phi) is 7.06. The lowest BCUT2D eigenvalue weighted by molar-refractivity contribution is -0.111. The number of rotatable bonds is 8. The molecule has 166 valence electrons. The second kappa shape index (κ2) is 9.92. The molecule has 2 aromatic carbocycles. The fourth-order valence-corrected chi connectivity index (χ4v) is 3.59. The zero-order chi connectivity index (χ0) is 23.1. The van der Waals surface area contributed by atoms with Crippen molar-refractivity contribution in [3.05, 3.63) is 71.8 Å². The number of sulfonamides is 1. The lowest BCUT2D eigenvalue weighted by Gasteiger charge is -2.10. The molecule has 0 spiro atoms. The van der Waals surface area contributed by atoms with Crippen molar-refractivity contribution in [2.24, 2.45) is 0 Å². The summed E-state index contributed by atoms with van der Waals surface area (Å²) in [6.45, 7) is 1.99. The first-order chi connectivity index (χ1) is 15.3. The molecule has 3 rings (SSSR count). The number of aromatic nitrogens is 2. The average molecular weight is 455 g/mol. The number of anilines is 2. The van der Waals surface area contributed by atoms with E-state index >= 15 is 0 Å². The van der Waals surface area contributed by atoms with Crippen LogP contribution in [0.3, 0.4) is 0 Å². The predicted molar refractivity (Wildman–Crippen MR) is 121 cm³/mol. The molecule has 1 heterocycles. The van der Waals surface area contributed by atoms with E-state index in [1.807, 2.05) is 31.2 Å². The standard InChI is InChI=1S/C22H22N4O5S/c1-15-4-6-16(7-5-15)8-13-20(27)23-17-9-11-18(12-10-17)32(28,29)26-19-14-21(30-2)25-22(24-19)31-3/h4-14H,1-3H3,(H,23,27)(H,24,25,26)/b13-8+. The van der Waals surface area contributed by atoms with Crippen LogP contribution < -0.4 is 19.5 Å². The van der Waals surface area contributed by atoms with Gasteiger partial charge in [-0.15, -0.1) is 0 Å². The molecule has 0 aliphatic heterocycles. The molecule has 0 radical (unpaired) electrons. The predicted octanol–water partition coefficient (Wildman–Crippen LogP) is 3.25. The van der Waals surface area contributed by atoms with Gasteiger partial charge >= 0.3 is 6.01 Å². The van der Waals surface area contributed by atoms with Gasteiger partial charge in [-0.1, -0.05) is 29.8 Å². The first-order valence-electron chi connectivity index (χ1n) is 9.45. The Morgan fingerprint density at radius 2 is 1.66 bits per heavy atom. The Labute approximate surface area is 186 Å². The SMILES string of the molecule is COc1cc(NS(=O)(=O)c2ccc(NC(=O)/C=C/c3ccc(C)cc3)cc2)nc(OC)n1. The summed E-state index contributed by atoms with van der Waals surface area (Å²) in [6, 6.07) is 14.8. The number of benzene rings is 2. The number of amides is 1. The van der Waals surface area contributed by atoms with Crippen LogP contribution in [0.1, 0.15) is 11.1 Å². The van der Waals surface area contributed by atoms with Gasteiger partial charge in [-0.05, 0) is 42.8 Å². The Balaban J connectivity index is 1.67. The smallest absolute Gasteiger partial charge is 0.321 e. The summed E-state index contributed by atoms with van der Waals surface area (Å²) in [5, 5.41) is 2.69. The summed E-state index contributed by atoms with van der Waals surface area (Å²) < 4.78 is 37.6. The molecule has 32 heavy (non-hydrogen) atoms. The van der Waals surface area contributed by atoms with Crippen molar-refractivity contribution in [3.63, 3.8) is 0 Å². The fourth-order valence-electron chi connectivity index (χ4n) is 2.60. The molecule has 0 aliphatic carbocycles. The van der Waals surface area contributed by atoms with Crippen LogP contribution in [0.2, 0.25) is 0 Å². The summed E-state index contributed by atoms with van der Waals surface area (Å²) in [5.41, 5.74) is 2.48. The summed E-state index contributed by atoms with van der Waals surface area (Å²) in [4.78, 5) is 20.0. The second-order valence-electron chi connectivity index (χ2n) is 6.65. The third-order valence-electron chi connectivity index (χ3n) is 4.25. The molecule has 2 N–H and O–H groups in total. The molecule has 10 heteroatoms. The van der Waals surface area contributed by atoms with E-state index in [0.29, 0.717) is 5.69 Å². The van der Waals surface area contributed by atoms with Gasteiger partial charge in [-0.2, -0.15) is 9.97 Å². The lowest BCUT2D eigenvalue weighted by Crippen LogP contribution is -2.15. The van der Waals surface area contributed by atoms with E-state index in [-0.39, 0.29) is 28.5 Å². The van der Waals surface area contributed by atoms with Gasteiger partial charge in [0, 0.05) is 17.8 Å². The number of carbonyl (C=O) groups excluding carboxylic acids is 1. The molecule has 1 amide bonds. The van der Waals surface area contributed by atoms with Gasteiger partial charge in [-0.3, -0.25) is 9.52 Å². The Hall–Kier alpha value is -3.92. The number of ether oxygens (including phenoxy) is 2. The highest BCUT2D eigenvalue weighted by Gasteiger charge is 2.17. The van der Waals surface area contributed by atoms with E-state index < -0.39 is 10.0 Å². The lowest BCUT2D eigenvalue weighted by atomic mass is 10.1. The molecule has 1 aromatic heterocycles.